The van der Waals surface area contributed by atoms with E-state index in [2.05, 4.69) is 31.1 Å². The molecule has 0 bridgehead atoms. The maximum Gasteiger partial charge on any atom is 0.0247 e. The predicted molar refractivity (Wildman–Crippen MR) is 57.9 cm³/mol. The van der Waals surface area contributed by atoms with Crippen molar-refractivity contribution in [3.63, 3.8) is 0 Å². The first-order valence-electron chi connectivity index (χ1n) is 5.15. The van der Waals surface area contributed by atoms with Crippen LogP contribution in [0.2, 0.25) is 0 Å². The summed E-state index contributed by atoms with van der Waals surface area (Å²) in [6.45, 7) is 6.30. The van der Waals surface area contributed by atoms with Crippen LogP contribution in [0.1, 0.15) is 46.5 Å². The summed E-state index contributed by atoms with van der Waals surface area (Å²) < 4.78 is 0. The Hall–Kier alpha value is -0.520. The first-order valence-corrected chi connectivity index (χ1v) is 5.15. The van der Waals surface area contributed by atoms with Crippen molar-refractivity contribution in [2.45, 2.75) is 52.5 Å². The van der Waals surface area contributed by atoms with Gasteiger partial charge in [0.15, 0.2) is 0 Å². The highest BCUT2D eigenvalue weighted by molar-refractivity contribution is 4.95. The quantitative estimate of drug-likeness (QED) is 0.375. The Kier molecular flexibility index (Phi) is 7.77. The Balaban J connectivity index is 3.89. The summed E-state index contributed by atoms with van der Waals surface area (Å²) in [5, 5.41) is 0. The minimum atomic E-state index is 0.427. The Morgan fingerprint density at radius 3 is 2.31 bits per heavy atom. The average molecular weight is 182 g/mol. The standard InChI is InChI=1S/C11H22N2/c1-4-7-8-9-11(13-12)10(5-2)6-3/h10-11,13H,5-6,8-9,12H2,1-3H3. The first kappa shape index (κ1) is 12.5. The maximum absolute atomic E-state index is 5.51. The lowest BCUT2D eigenvalue weighted by Crippen LogP contribution is -2.40. The Labute approximate surface area is 82.2 Å². The zero-order chi connectivity index (χ0) is 10.1. The molecule has 0 heterocycles. The molecule has 0 saturated heterocycles. The summed E-state index contributed by atoms with van der Waals surface area (Å²) in [5.41, 5.74) is 2.90. The van der Waals surface area contributed by atoms with E-state index in [0.717, 1.165) is 12.8 Å². The molecule has 0 saturated carbocycles. The fourth-order valence-electron chi connectivity index (χ4n) is 1.67. The Bertz CT molecular complexity index is 163. The van der Waals surface area contributed by atoms with Crippen molar-refractivity contribution in [2.24, 2.45) is 11.8 Å². The van der Waals surface area contributed by atoms with E-state index in [1.54, 1.807) is 0 Å². The van der Waals surface area contributed by atoms with Crippen LogP contribution < -0.4 is 11.3 Å². The maximum atomic E-state index is 5.51. The van der Waals surface area contributed by atoms with E-state index in [9.17, 15) is 0 Å². The molecule has 2 nitrogen and oxygen atoms in total. The molecule has 13 heavy (non-hydrogen) atoms. The van der Waals surface area contributed by atoms with Crippen LogP contribution in [0, 0.1) is 17.8 Å². The number of rotatable bonds is 6. The normalized spacial score (nSPS) is 12.4. The summed E-state index contributed by atoms with van der Waals surface area (Å²) in [5.74, 6) is 12.2. The van der Waals surface area contributed by atoms with Crippen LogP contribution in [-0.2, 0) is 0 Å². The van der Waals surface area contributed by atoms with Crippen LogP contribution in [0.3, 0.4) is 0 Å². The molecule has 0 fully saturated rings. The van der Waals surface area contributed by atoms with Crippen LogP contribution in [0.4, 0.5) is 0 Å². The van der Waals surface area contributed by atoms with Gasteiger partial charge >= 0.3 is 0 Å². The average Bonchev–Trinajstić information content (AvgIpc) is 2.17. The molecule has 0 amide bonds. The molecule has 0 aliphatic carbocycles. The molecule has 2 heteroatoms. The van der Waals surface area contributed by atoms with Gasteiger partial charge in [0.2, 0.25) is 0 Å². The van der Waals surface area contributed by atoms with Crippen LogP contribution in [0.5, 0.6) is 0 Å². The van der Waals surface area contributed by atoms with Gasteiger partial charge in [-0.25, -0.2) is 0 Å². The molecule has 0 aliphatic heterocycles. The van der Waals surface area contributed by atoms with Gasteiger partial charge in [0.05, 0.1) is 0 Å². The zero-order valence-corrected chi connectivity index (χ0v) is 9.06. The molecule has 1 atom stereocenters. The molecular formula is C11H22N2. The zero-order valence-electron chi connectivity index (χ0n) is 9.06. The summed E-state index contributed by atoms with van der Waals surface area (Å²) in [4.78, 5) is 0. The summed E-state index contributed by atoms with van der Waals surface area (Å²) in [6, 6.07) is 0.427. The van der Waals surface area contributed by atoms with Gasteiger partial charge in [-0.1, -0.05) is 26.7 Å². The third-order valence-corrected chi connectivity index (χ3v) is 2.59. The van der Waals surface area contributed by atoms with Gasteiger partial charge < -0.3 is 0 Å². The second kappa shape index (κ2) is 8.10. The fraction of sp³-hybridized carbons (Fsp3) is 0.818. The lowest BCUT2D eigenvalue weighted by Gasteiger charge is -2.23. The second-order valence-corrected chi connectivity index (χ2v) is 3.32. The van der Waals surface area contributed by atoms with Crippen molar-refractivity contribution >= 4 is 0 Å². The van der Waals surface area contributed by atoms with E-state index in [4.69, 9.17) is 5.84 Å². The van der Waals surface area contributed by atoms with E-state index in [-0.39, 0.29) is 0 Å². The van der Waals surface area contributed by atoms with Gasteiger partial charge in [0.1, 0.15) is 0 Å². The van der Waals surface area contributed by atoms with E-state index in [0.29, 0.717) is 12.0 Å². The SMILES string of the molecule is CC#CCCC(NN)C(CC)CC. The minimum Gasteiger partial charge on any atom is -0.271 e. The van der Waals surface area contributed by atoms with Crippen LogP contribution in [0.15, 0.2) is 0 Å². The van der Waals surface area contributed by atoms with Crippen molar-refractivity contribution in [3.05, 3.63) is 0 Å². The Morgan fingerprint density at radius 1 is 1.31 bits per heavy atom. The molecule has 0 aromatic heterocycles. The smallest absolute Gasteiger partial charge is 0.0247 e. The molecular weight excluding hydrogens is 160 g/mol. The molecule has 0 spiro atoms. The molecule has 0 aromatic carbocycles. The van der Waals surface area contributed by atoms with E-state index in [1.165, 1.54) is 12.8 Å². The van der Waals surface area contributed by atoms with Gasteiger partial charge in [-0.05, 0) is 19.3 Å². The second-order valence-electron chi connectivity index (χ2n) is 3.32. The summed E-state index contributed by atoms with van der Waals surface area (Å²) >= 11 is 0. The third kappa shape index (κ3) is 4.92. The molecule has 76 valence electrons. The highest BCUT2D eigenvalue weighted by Crippen LogP contribution is 2.16. The van der Waals surface area contributed by atoms with Crippen LogP contribution in [0.25, 0.3) is 0 Å². The van der Waals surface area contributed by atoms with Gasteiger partial charge in [0, 0.05) is 12.5 Å². The van der Waals surface area contributed by atoms with Gasteiger partial charge in [-0.15, -0.1) is 11.8 Å². The minimum absolute atomic E-state index is 0.427. The molecule has 3 N–H and O–H groups in total. The topological polar surface area (TPSA) is 38.0 Å². The molecule has 1 unspecified atom stereocenters. The first-order chi connectivity index (χ1) is 6.29. The van der Waals surface area contributed by atoms with E-state index in [1.807, 2.05) is 6.92 Å². The molecule has 0 aliphatic rings. The summed E-state index contributed by atoms with van der Waals surface area (Å²) in [7, 11) is 0. The third-order valence-electron chi connectivity index (χ3n) is 2.59. The molecule has 0 radical (unpaired) electrons. The van der Waals surface area contributed by atoms with E-state index < -0.39 is 0 Å². The lowest BCUT2D eigenvalue weighted by atomic mass is 9.91. The van der Waals surface area contributed by atoms with Crippen molar-refractivity contribution in [1.82, 2.24) is 5.43 Å². The predicted octanol–water partition coefficient (Wildman–Crippen LogP) is 2.06. The van der Waals surface area contributed by atoms with Crippen molar-refractivity contribution in [1.29, 1.82) is 0 Å². The van der Waals surface area contributed by atoms with Crippen molar-refractivity contribution in [2.75, 3.05) is 0 Å². The monoisotopic (exact) mass is 182 g/mol. The van der Waals surface area contributed by atoms with Crippen LogP contribution in [-0.4, -0.2) is 6.04 Å². The molecule has 0 rings (SSSR count). The lowest BCUT2D eigenvalue weighted by molar-refractivity contribution is 0.324. The van der Waals surface area contributed by atoms with Gasteiger partial charge in [-0.2, -0.15) is 0 Å². The largest absolute Gasteiger partial charge is 0.271 e. The number of nitrogens with one attached hydrogen (secondary N) is 1. The summed E-state index contributed by atoms with van der Waals surface area (Å²) in [6.07, 6.45) is 4.38. The molecule has 0 aromatic rings. The van der Waals surface area contributed by atoms with Crippen LogP contribution >= 0.6 is 0 Å². The van der Waals surface area contributed by atoms with Gasteiger partial charge in [-0.3, -0.25) is 11.3 Å². The highest BCUT2D eigenvalue weighted by Gasteiger charge is 2.15. The fourth-order valence-corrected chi connectivity index (χ4v) is 1.67. The van der Waals surface area contributed by atoms with Crippen molar-refractivity contribution in [3.8, 4) is 11.8 Å². The van der Waals surface area contributed by atoms with E-state index >= 15 is 0 Å². The highest BCUT2D eigenvalue weighted by atomic mass is 15.2. The number of hydrazine groups is 1. The van der Waals surface area contributed by atoms with Crippen molar-refractivity contribution < 1.29 is 0 Å². The van der Waals surface area contributed by atoms with Gasteiger partial charge in [0.25, 0.3) is 0 Å². The number of hydrogen-bond acceptors (Lipinski definition) is 2. The number of hydrogen-bond donors (Lipinski definition) is 2. The Morgan fingerprint density at radius 2 is 1.92 bits per heavy atom. The number of nitrogens with two attached hydrogens (primary N) is 1.